The second-order valence-corrected chi connectivity index (χ2v) is 6.22. The monoisotopic (exact) mass is 362 g/mol. The van der Waals surface area contributed by atoms with E-state index in [2.05, 4.69) is 15.9 Å². The van der Waals surface area contributed by atoms with Crippen molar-refractivity contribution in [2.75, 3.05) is 6.54 Å². The van der Waals surface area contributed by atoms with Crippen molar-refractivity contribution in [3.63, 3.8) is 0 Å². The molecule has 0 heterocycles. The molecule has 1 rings (SSSR count). The summed E-state index contributed by atoms with van der Waals surface area (Å²) in [5.74, 6) is -0.0522. The van der Waals surface area contributed by atoms with E-state index in [4.69, 9.17) is 29.6 Å². The standard InChI is InChI=1S/C13H16BrClN2OS/c1-8(2)17(6-5-12(16)19)13(18)9-3-4-11(15)10(14)7-9/h3-4,7-8H,5-6H2,1-2H3,(H2,16,19). The topological polar surface area (TPSA) is 46.3 Å². The summed E-state index contributed by atoms with van der Waals surface area (Å²) in [7, 11) is 0. The maximum absolute atomic E-state index is 12.4. The Balaban J connectivity index is 2.92. The molecule has 6 heteroatoms. The lowest BCUT2D eigenvalue weighted by atomic mass is 10.1. The fourth-order valence-electron chi connectivity index (χ4n) is 1.62. The smallest absolute Gasteiger partial charge is 0.254 e. The third-order valence-corrected chi connectivity index (χ3v) is 4.07. The van der Waals surface area contributed by atoms with Gasteiger partial charge in [0.25, 0.3) is 5.91 Å². The van der Waals surface area contributed by atoms with Gasteiger partial charge in [-0.3, -0.25) is 4.79 Å². The first kappa shape index (κ1) is 16.4. The minimum absolute atomic E-state index is 0.0522. The van der Waals surface area contributed by atoms with Crippen molar-refractivity contribution in [3.8, 4) is 0 Å². The highest BCUT2D eigenvalue weighted by Crippen LogP contribution is 2.24. The fourth-order valence-corrected chi connectivity index (χ4v) is 2.21. The Morgan fingerprint density at radius 2 is 2.16 bits per heavy atom. The third kappa shape index (κ3) is 4.75. The molecule has 0 atom stereocenters. The molecular weight excluding hydrogens is 348 g/mol. The molecule has 0 saturated carbocycles. The Kier molecular flexibility index (Phi) is 6.23. The molecule has 1 amide bonds. The molecule has 2 N–H and O–H groups in total. The largest absolute Gasteiger partial charge is 0.393 e. The van der Waals surface area contributed by atoms with Crippen LogP contribution in [0.2, 0.25) is 5.02 Å². The van der Waals surface area contributed by atoms with E-state index in [0.29, 0.717) is 33.0 Å². The number of nitrogens with two attached hydrogens (primary N) is 1. The summed E-state index contributed by atoms with van der Waals surface area (Å²) in [5, 5.41) is 0.579. The maximum atomic E-state index is 12.4. The number of thiocarbonyl (C=S) groups is 1. The second kappa shape index (κ2) is 7.22. The van der Waals surface area contributed by atoms with Gasteiger partial charge in [-0.25, -0.2) is 0 Å². The van der Waals surface area contributed by atoms with Gasteiger partial charge in [0, 0.05) is 29.0 Å². The minimum Gasteiger partial charge on any atom is -0.393 e. The lowest BCUT2D eigenvalue weighted by Crippen LogP contribution is -2.39. The molecule has 0 aliphatic heterocycles. The summed E-state index contributed by atoms with van der Waals surface area (Å²) < 4.78 is 0.707. The summed E-state index contributed by atoms with van der Waals surface area (Å²) in [6.45, 7) is 4.44. The first-order valence-corrected chi connectivity index (χ1v) is 7.45. The number of rotatable bonds is 5. The van der Waals surface area contributed by atoms with Crippen LogP contribution in [0, 0.1) is 0 Å². The van der Waals surface area contributed by atoms with Gasteiger partial charge in [0.2, 0.25) is 0 Å². The van der Waals surface area contributed by atoms with E-state index >= 15 is 0 Å². The highest BCUT2D eigenvalue weighted by atomic mass is 79.9. The summed E-state index contributed by atoms with van der Waals surface area (Å²) in [6, 6.07) is 5.22. The number of carbonyl (C=O) groups excluding carboxylic acids is 1. The average molecular weight is 364 g/mol. The Morgan fingerprint density at radius 1 is 1.53 bits per heavy atom. The molecule has 0 aliphatic rings. The van der Waals surface area contributed by atoms with E-state index in [9.17, 15) is 4.79 Å². The summed E-state index contributed by atoms with van der Waals surface area (Å²) in [5.41, 5.74) is 6.08. The van der Waals surface area contributed by atoms with Gasteiger partial charge in [-0.1, -0.05) is 23.8 Å². The van der Waals surface area contributed by atoms with Crippen molar-refractivity contribution in [3.05, 3.63) is 33.3 Å². The molecule has 0 aromatic heterocycles. The van der Waals surface area contributed by atoms with Gasteiger partial charge in [-0.05, 0) is 48.0 Å². The zero-order valence-electron chi connectivity index (χ0n) is 10.8. The number of halogens is 2. The van der Waals surface area contributed by atoms with Gasteiger partial charge in [0.1, 0.15) is 0 Å². The Morgan fingerprint density at radius 3 is 2.63 bits per heavy atom. The molecule has 0 saturated heterocycles. The van der Waals surface area contributed by atoms with Gasteiger partial charge in [-0.15, -0.1) is 0 Å². The van der Waals surface area contributed by atoms with Crippen LogP contribution >= 0.6 is 39.7 Å². The third-order valence-electron chi connectivity index (χ3n) is 2.65. The quantitative estimate of drug-likeness (QED) is 0.813. The number of hydrogen-bond donors (Lipinski definition) is 1. The number of carbonyl (C=O) groups is 1. The summed E-state index contributed by atoms with van der Waals surface area (Å²) in [4.78, 5) is 14.6. The summed E-state index contributed by atoms with van der Waals surface area (Å²) in [6.07, 6.45) is 0.522. The van der Waals surface area contributed by atoms with Gasteiger partial charge in [0.05, 0.1) is 10.0 Å². The lowest BCUT2D eigenvalue weighted by Gasteiger charge is -2.26. The summed E-state index contributed by atoms with van der Waals surface area (Å²) >= 11 is 14.1. The van der Waals surface area contributed by atoms with E-state index in [0.717, 1.165) is 0 Å². The van der Waals surface area contributed by atoms with Crippen LogP contribution in [0.4, 0.5) is 0 Å². The first-order chi connectivity index (χ1) is 8.82. The van der Waals surface area contributed by atoms with Crippen molar-refractivity contribution >= 4 is 50.6 Å². The Bertz CT molecular complexity index is 494. The normalized spacial score (nSPS) is 10.6. The van der Waals surface area contributed by atoms with Crippen molar-refractivity contribution in [2.24, 2.45) is 5.73 Å². The number of hydrogen-bond acceptors (Lipinski definition) is 2. The van der Waals surface area contributed by atoms with E-state index in [1.807, 2.05) is 13.8 Å². The van der Waals surface area contributed by atoms with Crippen LogP contribution in [0.1, 0.15) is 30.6 Å². The molecule has 0 unspecified atom stereocenters. The lowest BCUT2D eigenvalue weighted by molar-refractivity contribution is 0.0711. The van der Waals surface area contributed by atoms with Crippen molar-refractivity contribution < 1.29 is 4.79 Å². The molecule has 0 aliphatic carbocycles. The van der Waals surface area contributed by atoms with Crippen LogP contribution in [0.3, 0.4) is 0 Å². The number of nitrogens with zero attached hydrogens (tertiary/aromatic N) is 1. The van der Waals surface area contributed by atoms with Crippen LogP contribution in [0.15, 0.2) is 22.7 Å². The van der Waals surface area contributed by atoms with Crippen LogP contribution in [0.5, 0.6) is 0 Å². The van der Waals surface area contributed by atoms with Gasteiger partial charge < -0.3 is 10.6 Å². The van der Waals surface area contributed by atoms with Crippen LogP contribution < -0.4 is 5.73 Å². The Labute approximate surface area is 132 Å². The molecule has 19 heavy (non-hydrogen) atoms. The molecule has 3 nitrogen and oxygen atoms in total. The Hall–Kier alpha value is -0.650. The van der Waals surface area contributed by atoms with E-state index in [-0.39, 0.29) is 11.9 Å². The van der Waals surface area contributed by atoms with E-state index in [1.54, 1.807) is 23.1 Å². The van der Waals surface area contributed by atoms with Gasteiger partial charge >= 0.3 is 0 Å². The van der Waals surface area contributed by atoms with E-state index in [1.165, 1.54) is 0 Å². The van der Waals surface area contributed by atoms with Crippen LogP contribution in [0.25, 0.3) is 0 Å². The minimum atomic E-state index is -0.0522. The zero-order chi connectivity index (χ0) is 14.6. The molecule has 0 spiro atoms. The predicted octanol–water partition coefficient (Wildman–Crippen LogP) is 3.63. The molecule has 0 radical (unpaired) electrons. The first-order valence-electron chi connectivity index (χ1n) is 5.87. The maximum Gasteiger partial charge on any atom is 0.254 e. The van der Waals surface area contributed by atoms with Gasteiger partial charge in [-0.2, -0.15) is 0 Å². The van der Waals surface area contributed by atoms with Crippen LogP contribution in [-0.4, -0.2) is 28.4 Å². The van der Waals surface area contributed by atoms with Gasteiger partial charge in [0.15, 0.2) is 0 Å². The zero-order valence-corrected chi connectivity index (χ0v) is 14.0. The highest BCUT2D eigenvalue weighted by Gasteiger charge is 2.19. The fraction of sp³-hybridized carbons (Fsp3) is 0.385. The second-order valence-electron chi connectivity index (χ2n) is 4.44. The SMILES string of the molecule is CC(C)N(CCC(N)=S)C(=O)c1ccc(Cl)c(Br)c1. The molecule has 0 fully saturated rings. The van der Waals surface area contributed by atoms with Crippen LogP contribution in [-0.2, 0) is 0 Å². The van der Waals surface area contributed by atoms with E-state index < -0.39 is 0 Å². The highest BCUT2D eigenvalue weighted by molar-refractivity contribution is 9.10. The molecule has 1 aromatic rings. The number of benzene rings is 1. The number of amides is 1. The molecule has 1 aromatic carbocycles. The molecule has 0 bridgehead atoms. The predicted molar refractivity (Wildman–Crippen MR) is 86.7 cm³/mol. The van der Waals surface area contributed by atoms with Crippen molar-refractivity contribution in [1.82, 2.24) is 4.90 Å². The molecular formula is C13H16BrClN2OS. The molecule has 104 valence electrons. The van der Waals surface area contributed by atoms with Crippen molar-refractivity contribution in [1.29, 1.82) is 0 Å². The average Bonchev–Trinajstić information content (AvgIpc) is 2.31. The van der Waals surface area contributed by atoms with Crippen molar-refractivity contribution in [2.45, 2.75) is 26.3 Å².